The summed E-state index contributed by atoms with van der Waals surface area (Å²) in [5.41, 5.74) is 0. The predicted octanol–water partition coefficient (Wildman–Crippen LogP) is 7.17. The molecule has 0 rings (SSSR count). The zero-order valence-corrected chi connectivity index (χ0v) is 23.6. The molecule has 0 radical (unpaired) electrons. The summed E-state index contributed by atoms with van der Waals surface area (Å²) in [5, 5.41) is 0. The SMILES string of the molecule is CC/C=C\CCCCCCCCCC(=O)O[C@H](COC(=O)CCCCCCCCC)COP(=O)(O)O. The van der Waals surface area contributed by atoms with Crippen LogP contribution in [0.3, 0.4) is 0 Å². The molecule has 0 aromatic heterocycles. The smallest absolute Gasteiger partial charge is 0.462 e. The fourth-order valence-corrected chi connectivity index (χ4v) is 4.09. The van der Waals surface area contributed by atoms with Gasteiger partial charge < -0.3 is 19.3 Å². The summed E-state index contributed by atoms with van der Waals surface area (Å²) >= 11 is 0. The van der Waals surface area contributed by atoms with E-state index in [2.05, 4.69) is 30.5 Å². The third kappa shape index (κ3) is 25.9. The van der Waals surface area contributed by atoms with Gasteiger partial charge in [0.25, 0.3) is 0 Å². The largest absolute Gasteiger partial charge is 0.469 e. The Bertz CT molecular complexity index is 617. The lowest BCUT2D eigenvalue weighted by atomic mass is 10.1. The number of rotatable bonds is 25. The quantitative estimate of drug-likeness (QED) is 0.0547. The monoisotopic (exact) mass is 534 g/mol. The average Bonchev–Trinajstić information content (AvgIpc) is 2.83. The summed E-state index contributed by atoms with van der Waals surface area (Å²) in [5.74, 6) is -0.901. The number of carbonyl (C=O) groups is 2. The van der Waals surface area contributed by atoms with E-state index in [-0.39, 0.29) is 19.4 Å². The zero-order valence-electron chi connectivity index (χ0n) is 22.7. The van der Waals surface area contributed by atoms with Crippen molar-refractivity contribution in [3.05, 3.63) is 12.2 Å². The zero-order chi connectivity index (χ0) is 26.9. The van der Waals surface area contributed by atoms with Crippen LogP contribution in [0.15, 0.2) is 12.2 Å². The van der Waals surface area contributed by atoms with E-state index in [1.165, 1.54) is 38.5 Å². The molecule has 0 fully saturated rings. The highest BCUT2D eigenvalue weighted by atomic mass is 31.2. The average molecular weight is 535 g/mol. The van der Waals surface area contributed by atoms with Crippen LogP contribution in [-0.4, -0.2) is 41.0 Å². The van der Waals surface area contributed by atoms with Crippen molar-refractivity contribution >= 4 is 19.8 Å². The van der Waals surface area contributed by atoms with Gasteiger partial charge in [-0.3, -0.25) is 14.1 Å². The summed E-state index contributed by atoms with van der Waals surface area (Å²) in [6.45, 7) is 3.49. The molecule has 8 nitrogen and oxygen atoms in total. The highest BCUT2D eigenvalue weighted by molar-refractivity contribution is 7.46. The number of ether oxygens (including phenoxy) is 2. The van der Waals surface area contributed by atoms with Gasteiger partial charge in [0.1, 0.15) is 6.61 Å². The van der Waals surface area contributed by atoms with Crippen LogP contribution in [-0.2, 0) is 28.2 Å². The first-order chi connectivity index (χ1) is 17.3. The molecule has 36 heavy (non-hydrogen) atoms. The number of hydrogen-bond donors (Lipinski definition) is 2. The summed E-state index contributed by atoms with van der Waals surface area (Å²) in [7, 11) is -4.73. The van der Waals surface area contributed by atoms with Crippen LogP contribution in [0.5, 0.6) is 0 Å². The molecule has 0 saturated heterocycles. The van der Waals surface area contributed by atoms with Crippen molar-refractivity contribution in [3.63, 3.8) is 0 Å². The van der Waals surface area contributed by atoms with Gasteiger partial charge in [0.15, 0.2) is 6.10 Å². The number of unbranched alkanes of at least 4 members (excludes halogenated alkanes) is 13. The van der Waals surface area contributed by atoms with Gasteiger partial charge in [-0.15, -0.1) is 0 Å². The van der Waals surface area contributed by atoms with Crippen LogP contribution < -0.4 is 0 Å². The molecule has 0 aliphatic heterocycles. The second-order valence-electron chi connectivity index (χ2n) is 9.35. The van der Waals surface area contributed by atoms with E-state index in [9.17, 15) is 14.2 Å². The van der Waals surface area contributed by atoms with Gasteiger partial charge in [-0.1, -0.05) is 96.6 Å². The van der Waals surface area contributed by atoms with Crippen molar-refractivity contribution in [2.75, 3.05) is 13.2 Å². The molecule has 9 heteroatoms. The van der Waals surface area contributed by atoms with Crippen LogP contribution in [0.4, 0.5) is 0 Å². The van der Waals surface area contributed by atoms with Gasteiger partial charge in [-0.25, -0.2) is 4.57 Å². The Balaban J connectivity index is 4.09. The Morgan fingerprint density at radius 1 is 0.722 bits per heavy atom. The van der Waals surface area contributed by atoms with Crippen molar-refractivity contribution in [2.45, 2.75) is 136 Å². The highest BCUT2D eigenvalue weighted by Crippen LogP contribution is 2.35. The molecule has 0 aliphatic carbocycles. The molecule has 0 unspecified atom stereocenters. The number of hydrogen-bond acceptors (Lipinski definition) is 6. The number of phosphoric ester groups is 1. The standard InChI is InChI=1S/C27H51O8P/c1-3-5-7-9-11-12-13-14-16-18-20-22-27(29)35-25(24-34-36(30,31)32)23-33-26(28)21-19-17-15-10-8-6-4-2/h5,7,25H,3-4,6,8-24H2,1-2H3,(H2,30,31,32)/b7-5-/t25-/m1/s1. The van der Waals surface area contributed by atoms with Gasteiger partial charge in [-0.2, -0.15) is 0 Å². The van der Waals surface area contributed by atoms with Crippen LogP contribution >= 0.6 is 7.82 Å². The van der Waals surface area contributed by atoms with E-state index >= 15 is 0 Å². The number of carbonyl (C=O) groups excluding carboxylic acids is 2. The second-order valence-corrected chi connectivity index (χ2v) is 10.6. The fourth-order valence-electron chi connectivity index (χ4n) is 3.73. The lowest BCUT2D eigenvalue weighted by Gasteiger charge is -2.18. The van der Waals surface area contributed by atoms with Crippen molar-refractivity contribution in [2.24, 2.45) is 0 Å². The first-order valence-electron chi connectivity index (χ1n) is 14.0. The maximum absolute atomic E-state index is 12.2. The summed E-state index contributed by atoms with van der Waals surface area (Å²) in [6, 6.07) is 0. The molecule has 0 amide bonds. The molecule has 0 aromatic carbocycles. The fraction of sp³-hybridized carbons (Fsp3) is 0.852. The molecule has 0 spiro atoms. The minimum Gasteiger partial charge on any atom is -0.462 e. The molecular weight excluding hydrogens is 483 g/mol. The van der Waals surface area contributed by atoms with Gasteiger partial charge in [0, 0.05) is 12.8 Å². The van der Waals surface area contributed by atoms with Gasteiger partial charge in [0.2, 0.25) is 0 Å². The van der Waals surface area contributed by atoms with Crippen LogP contribution in [0.1, 0.15) is 129 Å². The minimum absolute atomic E-state index is 0.209. The molecule has 1 atom stereocenters. The third-order valence-corrected chi connectivity index (χ3v) is 6.28. The third-order valence-electron chi connectivity index (χ3n) is 5.80. The Hall–Kier alpha value is -1.21. The van der Waals surface area contributed by atoms with E-state index in [4.69, 9.17) is 19.3 Å². The van der Waals surface area contributed by atoms with Crippen LogP contribution in [0, 0.1) is 0 Å². The number of phosphoric acid groups is 1. The maximum atomic E-state index is 12.2. The normalized spacial score (nSPS) is 12.7. The first kappa shape index (κ1) is 34.8. The maximum Gasteiger partial charge on any atom is 0.469 e. The molecule has 0 saturated carbocycles. The highest BCUT2D eigenvalue weighted by Gasteiger charge is 2.22. The van der Waals surface area contributed by atoms with E-state index in [0.717, 1.165) is 57.8 Å². The second kappa shape index (κ2) is 24.1. The summed E-state index contributed by atoms with van der Waals surface area (Å²) in [6.07, 6.45) is 21.1. The first-order valence-corrected chi connectivity index (χ1v) is 15.5. The summed E-state index contributed by atoms with van der Waals surface area (Å²) in [4.78, 5) is 42.1. The van der Waals surface area contributed by atoms with Crippen molar-refractivity contribution in [1.82, 2.24) is 0 Å². The van der Waals surface area contributed by atoms with E-state index in [1.807, 2.05) is 0 Å². The molecule has 2 N–H and O–H groups in total. The molecule has 212 valence electrons. The summed E-state index contributed by atoms with van der Waals surface area (Å²) < 4.78 is 26.0. The molecule has 0 aliphatic rings. The predicted molar refractivity (Wildman–Crippen MR) is 142 cm³/mol. The number of allylic oxidation sites excluding steroid dienone is 2. The minimum atomic E-state index is -4.73. The molecule has 0 aromatic rings. The van der Waals surface area contributed by atoms with Crippen molar-refractivity contribution < 1.29 is 37.9 Å². The van der Waals surface area contributed by atoms with E-state index in [0.29, 0.717) is 6.42 Å². The van der Waals surface area contributed by atoms with Gasteiger partial charge in [-0.05, 0) is 32.1 Å². The van der Waals surface area contributed by atoms with Crippen molar-refractivity contribution in [3.8, 4) is 0 Å². The van der Waals surface area contributed by atoms with Gasteiger partial charge >= 0.3 is 19.8 Å². The van der Waals surface area contributed by atoms with E-state index < -0.39 is 32.5 Å². The van der Waals surface area contributed by atoms with Crippen LogP contribution in [0.25, 0.3) is 0 Å². The Labute approximate surface area is 218 Å². The van der Waals surface area contributed by atoms with Crippen LogP contribution in [0.2, 0.25) is 0 Å². The molecule has 0 heterocycles. The lowest BCUT2D eigenvalue weighted by molar-refractivity contribution is -0.161. The van der Waals surface area contributed by atoms with Crippen molar-refractivity contribution in [1.29, 1.82) is 0 Å². The number of esters is 2. The molecular formula is C27H51O8P. The van der Waals surface area contributed by atoms with Gasteiger partial charge in [0.05, 0.1) is 6.61 Å². The Morgan fingerprint density at radius 2 is 1.25 bits per heavy atom. The topological polar surface area (TPSA) is 119 Å². The lowest BCUT2D eigenvalue weighted by Crippen LogP contribution is -2.29. The molecule has 0 bridgehead atoms. The van der Waals surface area contributed by atoms with E-state index in [1.54, 1.807) is 0 Å². The Kier molecular flexibility index (Phi) is 23.3. The Morgan fingerprint density at radius 3 is 1.81 bits per heavy atom.